The lowest BCUT2D eigenvalue weighted by Gasteiger charge is -2.33. The number of hydrogen-bond donors (Lipinski definition) is 1. The van der Waals surface area contributed by atoms with Gasteiger partial charge in [0.2, 0.25) is 0 Å². The van der Waals surface area contributed by atoms with E-state index in [0.29, 0.717) is 18.0 Å². The molecule has 0 aromatic heterocycles. The van der Waals surface area contributed by atoms with Gasteiger partial charge in [0.25, 0.3) is 5.91 Å². The zero-order valence-corrected chi connectivity index (χ0v) is 14.6. The molecule has 1 N–H and O–H groups in total. The van der Waals surface area contributed by atoms with Crippen LogP contribution in [0, 0.1) is 12.8 Å². The van der Waals surface area contributed by atoms with E-state index in [-0.39, 0.29) is 12.0 Å². The molecular weight excluding hydrogens is 292 g/mol. The molecule has 0 saturated carbocycles. The van der Waals surface area contributed by atoms with Crippen LogP contribution in [-0.4, -0.2) is 56.8 Å². The number of ether oxygens (including phenoxy) is 2. The Kier molecular flexibility index (Phi) is 6.42. The van der Waals surface area contributed by atoms with Crippen LogP contribution in [0.5, 0.6) is 5.75 Å². The van der Waals surface area contributed by atoms with Gasteiger partial charge in [0.1, 0.15) is 5.75 Å². The third-order valence-corrected chi connectivity index (χ3v) is 4.01. The molecule has 2 rings (SSSR count). The minimum Gasteiger partial charge on any atom is -0.496 e. The van der Waals surface area contributed by atoms with Gasteiger partial charge in [-0.1, -0.05) is 19.9 Å². The normalized spacial score (nSPS) is 18.9. The maximum Gasteiger partial charge on any atom is 0.251 e. The lowest BCUT2D eigenvalue weighted by atomic mass is 10.1. The van der Waals surface area contributed by atoms with Gasteiger partial charge in [0.15, 0.2) is 0 Å². The van der Waals surface area contributed by atoms with Crippen LogP contribution in [0.25, 0.3) is 0 Å². The number of carbonyl (C=O) groups excluding carboxylic acids is 1. The third kappa shape index (κ3) is 5.22. The Morgan fingerprint density at radius 3 is 2.96 bits per heavy atom. The summed E-state index contributed by atoms with van der Waals surface area (Å²) in [5, 5.41) is 2.97. The number of methoxy groups -OCH3 is 1. The van der Waals surface area contributed by atoms with Gasteiger partial charge in [-0.25, -0.2) is 0 Å². The van der Waals surface area contributed by atoms with Gasteiger partial charge < -0.3 is 14.8 Å². The molecule has 0 unspecified atom stereocenters. The number of benzene rings is 1. The fourth-order valence-electron chi connectivity index (χ4n) is 2.86. The first-order valence-electron chi connectivity index (χ1n) is 8.26. The molecule has 1 aromatic rings. The van der Waals surface area contributed by atoms with Crippen LogP contribution in [0.15, 0.2) is 18.2 Å². The van der Waals surface area contributed by atoms with Gasteiger partial charge in [0.05, 0.1) is 19.8 Å². The molecule has 1 fully saturated rings. The molecule has 1 aliphatic rings. The fourth-order valence-corrected chi connectivity index (χ4v) is 2.86. The molecule has 1 heterocycles. The van der Waals surface area contributed by atoms with Gasteiger partial charge in [-0.3, -0.25) is 9.69 Å². The Morgan fingerprint density at radius 2 is 2.26 bits per heavy atom. The first kappa shape index (κ1) is 17.8. The monoisotopic (exact) mass is 320 g/mol. The predicted molar refractivity (Wildman–Crippen MR) is 91.1 cm³/mol. The Labute approximate surface area is 139 Å². The van der Waals surface area contributed by atoms with Crippen LogP contribution in [0.3, 0.4) is 0 Å². The molecule has 1 atom stereocenters. The summed E-state index contributed by atoms with van der Waals surface area (Å²) in [5.41, 5.74) is 1.63. The highest BCUT2D eigenvalue weighted by atomic mass is 16.5. The first-order valence-corrected chi connectivity index (χ1v) is 8.26. The highest BCUT2D eigenvalue weighted by Gasteiger charge is 2.21. The van der Waals surface area contributed by atoms with Crippen LogP contribution < -0.4 is 10.1 Å². The van der Waals surface area contributed by atoms with Gasteiger partial charge in [-0.05, 0) is 30.5 Å². The highest BCUT2D eigenvalue weighted by molar-refractivity contribution is 5.94. The third-order valence-electron chi connectivity index (χ3n) is 4.01. The maximum absolute atomic E-state index is 12.3. The Bertz CT molecular complexity index is 531. The summed E-state index contributed by atoms with van der Waals surface area (Å²) >= 11 is 0. The largest absolute Gasteiger partial charge is 0.496 e. The summed E-state index contributed by atoms with van der Waals surface area (Å²) in [6.07, 6.45) is 0.0544. The van der Waals surface area contributed by atoms with E-state index in [1.165, 1.54) is 0 Å². The van der Waals surface area contributed by atoms with Crippen LogP contribution in [0.1, 0.15) is 29.8 Å². The number of carbonyl (C=O) groups is 1. The van der Waals surface area contributed by atoms with E-state index < -0.39 is 0 Å². The van der Waals surface area contributed by atoms with Crippen molar-refractivity contribution in [3.8, 4) is 5.75 Å². The van der Waals surface area contributed by atoms with Crippen molar-refractivity contribution >= 4 is 5.91 Å². The van der Waals surface area contributed by atoms with Crippen LogP contribution in [0.4, 0.5) is 0 Å². The number of rotatable bonds is 6. The Balaban J connectivity index is 1.86. The average molecular weight is 320 g/mol. The van der Waals surface area contributed by atoms with Crippen molar-refractivity contribution in [3.05, 3.63) is 29.3 Å². The number of hydrogen-bond acceptors (Lipinski definition) is 4. The van der Waals surface area contributed by atoms with Crippen LogP contribution in [-0.2, 0) is 4.74 Å². The zero-order chi connectivity index (χ0) is 16.8. The molecule has 1 amide bonds. The zero-order valence-electron chi connectivity index (χ0n) is 14.6. The molecule has 0 radical (unpaired) electrons. The molecule has 1 aromatic carbocycles. The lowest BCUT2D eigenvalue weighted by molar-refractivity contribution is -0.0295. The Morgan fingerprint density at radius 1 is 1.48 bits per heavy atom. The van der Waals surface area contributed by atoms with Crippen molar-refractivity contribution in [2.45, 2.75) is 26.9 Å². The van der Waals surface area contributed by atoms with Crippen molar-refractivity contribution in [1.29, 1.82) is 0 Å². The second kappa shape index (κ2) is 8.31. The molecule has 5 nitrogen and oxygen atoms in total. The fraction of sp³-hybridized carbons (Fsp3) is 0.611. The number of nitrogens with zero attached hydrogens (tertiary/aromatic N) is 1. The summed E-state index contributed by atoms with van der Waals surface area (Å²) in [6, 6.07) is 5.49. The molecule has 5 heteroatoms. The lowest BCUT2D eigenvalue weighted by Crippen LogP contribution is -2.48. The van der Waals surface area contributed by atoms with E-state index in [4.69, 9.17) is 9.47 Å². The molecule has 0 aliphatic carbocycles. The molecule has 1 aliphatic heterocycles. The maximum atomic E-state index is 12.3. The minimum absolute atomic E-state index is 0.0544. The summed E-state index contributed by atoms with van der Waals surface area (Å²) in [4.78, 5) is 14.7. The van der Waals surface area contributed by atoms with Crippen LogP contribution in [0.2, 0.25) is 0 Å². The SMILES string of the molecule is COc1cc(C(=O)NC[C@H]2CN(CC(C)C)CCO2)ccc1C. The van der Waals surface area contributed by atoms with Gasteiger partial charge >= 0.3 is 0 Å². The molecule has 23 heavy (non-hydrogen) atoms. The average Bonchev–Trinajstić information content (AvgIpc) is 2.53. The van der Waals surface area contributed by atoms with Crippen LogP contribution >= 0.6 is 0 Å². The standard InChI is InChI=1S/C18H28N2O3/c1-13(2)11-20-7-8-23-16(12-20)10-19-18(21)15-6-5-14(3)17(9-15)22-4/h5-6,9,13,16H,7-8,10-12H2,1-4H3,(H,19,21)/t16-/m0/s1. The second-order valence-electron chi connectivity index (χ2n) is 6.54. The van der Waals surface area contributed by atoms with E-state index >= 15 is 0 Å². The van der Waals surface area contributed by atoms with E-state index in [2.05, 4.69) is 24.1 Å². The molecule has 128 valence electrons. The summed E-state index contributed by atoms with van der Waals surface area (Å²) in [5.74, 6) is 1.28. The molecule has 0 spiro atoms. The van der Waals surface area contributed by atoms with Crippen molar-refractivity contribution in [1.82, 2.24) is 10.2 Å². The number of aryl methyl sites for hydroxylation is 1. The van der Waals surface area contributed by atoms with Gasteiger partial charge in [-0.2, -0.15) is 0 Å². The van der Waals surface area contributed by atoms with Gasteiger partial charge in [-0.15, -0.1) is 0 Å². The van der Waals surface area contributed by atoms with Gasteiger partial charge in [0, 0.05) is 31.7 Å². The number of amides is 1. The van der Waals surface area contributed by atoms with E-state index in [9.17, 15) is 4.79 Å². The quantitative estimate of drug-likeness (QED) is 0.872. The van der Waals surface area contributed by atoms with Crippen molar-refractivity contribution in [3.63, 3.8) is 0 Å². The topological polar surface area (TPSA) is 50.8 Å². The number of morpholine rings is 1. The van der Waals surface area contributed by atoms with E-state index in [1.54, 1.807) is 13.2 Å². The molecule has 1 saturated heterocycles. The smallest absolute Gasteiger partial charge is 0.251 e. The summed E-state index contributed by atoms with van der Waals surface area (Å²) < 4.78 is 11.0. The number of nitrogens with one attached hydrogen (secondary N) is 1. The molecular formula is C18H28N2O3. The summed E-state index contributed by atoms with van der Waals surface area (Å²) in [6.45, 7) is 10.6. The Hall–Kier alpha value is -1.59. The highest BCUT2D eigenvalue weighted by Crippen LogP contribution is 2.18. The van der Waals surface area contributed by atoms with Crippen molar-refractivity contribution in [2.75, 3.05) is 39.9 Å². The second-order valence-corrected chi connectivity index (χ2v) is 6.54. The van der Waals surface area contributed by atoms with E-state index in [1.807, 2.05) is 19.1 Å². The molecule has 0 bridgehead atoms. The van der Waals surface area contributed by atoms with Crippen molar-refractivity contribution < 1.29 is 14.3 Å². The first-order chi connectivity index (χ1) is 11.0. The van der Waals surface area contributed by atoms with E-state index in [0.717, 1.165) is 37.6 Å². The predicted octanol–water partition coefficient (Wildman–Crippen LogP) is 2.09. The summed E-state index contributed by atoms with van der Waals surface area (Å²) in [7, 11) is 1.61. The van der Waals surface area contributed by atoms with Crippen molar-refractivity contribution in [2.24, 2.45) is 5.92 Å². The minimum atomic E-state index is -0.0899.